The number of thioether (sulfide) groups is 1. The molecular formula is C43H84N2O5S2. The van der Waals surface area contributed by atoms with Crippen molar-refractivity contribution in [3.8, 4) is 0 Å². The Kier molecular flexibility index (Phi) is 21.7. The topological polar surface area (TPSA) is 87.2 Å². The second kappa shape index (κ2) is 23.7. The summed E-state index contributed by atoms with van der Waals surface area (Å²) in [5.74, 6) is 8.96. The summed E-state index contributed by atoms with van der Waals surface area (Å²) in [4.78, 5) is 16.5. The Balaban J connectivity index is 0.000000250. The largest absolute Gasteiger partial charge is 0.393 e. The fourth-order valence-corrected chi connectivity index (χ4v) is 11.3. The van der Waals surface area contributed by atoms with E-state index in [4.69, 9.17) is 9.84 Å². The summed E-state index contributed by atoms with van der Waals surface area (Å²) in [7, 11) is -2.67. The van der Waals surface area contributed by atoms with Gasteiger partial charge in [0.05, 0.1) is 37.4 Å². The van der Waals surface area contributed by atoms with E-state index in [9.17, 15) is 13.2 Å². The maximum Gasteiger partial charge on any atom is 0.236 e. The molecule has 0 spiro atoms. The first-order valence-corrected chi connectivity index (χ1v) is 24.2. The van der Waals surface area contributed by atoms with Gasteiger partial charge in [-0.1, -0.05) is 69.2 Å². The van der Waals surface area contributed by atoms with Gasteiger partial charge in [-0.15, -0.1) is 0 Å². The first-order chi connectivity index (χ1) is 24.2. The van der Waals surface area contributed by atoms with Crippen LogP contribution in [0.4, 0.5) is 0 Å². The first-order valence-electron chi connectivity index (χ1n) is 21.2. The van der Waals surface area contributed by atoms with Crippen LogP contribution in [-0.2, 0) is 19.4 Å². The number of sulfone groups is 1. The third-order valence-electron chi connectivity index (χ3n) is 11.1. The minimum atomic E-state index is -2.67. The van der Waals surface area contributed by atoms with Crippen LogP contribution >= 0.6 is 11.8 Å². The number of nitrogens with zero attached hydrogens (tertiary/aromatic N) is 2. The number of hydrogen-bond donors (Lipinski definition) is 1. The molecule has 4 heterocycles. The molecule has 1 aliphatic carbocycles. The fraction of sp³-hybridized carbons (Fsp3) is 0.977. The van der Waals surface area contributed by atoms with Crippen molar-refractivity contribution in [2.45, 2.75) is 152 Å². The summed E-state index contributed by atoms with van der Waals surface area (Å²) >= 11 is 2.13. The van der Waals surface area contributed by atoms with Gasteiger partial charge in [0, 0.05) is 26.2 Å². The quantitative estimate of drug-likeness (QED) is 0.263. The number of morpholine rings is 1. The number of piperidine rings is 1. The molecule has 0 bridgehead atoms. The molecule has 1 saturated carbocycles. The van der Waals surface area contributed by atoms with Crippen LogP contribution in [0, 0.1) is 46.3 Å². The zero-order valence-electron chi connectivity index (χ0n) is 35.6. The number of ether oxygens (including phenoxy) is 1. The minimum Gasteiger partial charge on any atom is -0.393 e. The van der Waals surface area contributed by atoms with Crippen molar-refractivity contribution in [1.82, 2.24) is 9.80 Å². The third-order valence-corrected chi connectivity index (χ3v) is 13.8. The Hall–Kier alpha value is -0.350. The third kappa shape index (κ3) is 22.9. The van der Waals surface area contributed by atoms with Gasteiger partial charge in [0.1, 0.15) is 9.84 Å². The molecule has 5 rings (SSSR count). The SMILES string of the molecule is CC(C)(C)CC1CC(O)C1.CC(C)(C)CC1CCS(=O)(=O)CC1.CC(C)CC1CCN(C(=O)CN2CCOCC2)CC1.CC(C)CC1CCSCC1. The standard InChI is InChI=1S/C15H28N2O2.C10H20O2S.C9H18O.C9H18S/c1-13(2)11-14-3-5-17(6-4-14)15(18)12-16-7-9-19-10-8-16;1-10(2,3)8-9-4-6-13(11,12)7-5-9;1-9(2,3)6-7-4-8(10)5-7;1-8(2)7-9-3-5-10-6-4-9/h13-14H,3-12H2,1-2H3;9H,4-8H2,1-3H3;7-8,10H,4-6H2,1-3H3;8-9H,3-7H2,1-2H3. The molecule has 52 heavy (non-hydrogen) atoms. The van der Waals surface area contributed by atoms with Crippen LogP contribution in [-0.4, -0.2) is 104 Å². The normalized spacial score (nSPS) is 25.2. The summed E-state index contributed by atoms with van der Waals surface area (Å²) in [6, 6.07) is 0. The van der Waals surface area contributed by atoms with Crippen molar-refractivity contribution in [2.24, 2.45) is 46.3 Å². The summed E-state index contributed by atoms with van der Waals surface area (Å²) in [5.41, 5.74) is 0.788. The number of aliphatic hydroxyl groups is 1. The second-order valence-corrected chi connectivity index (χ2v) is 23.7. The maximum atomic E-state index is 12.2. The molecule has 5 aliphatic rings. The van der Waals surface area contributed by atoms with E-state index in [1.54, 1.807) is 0 Å². The molecular weight excluding hydrogens is 689 g/mol. The monoisotopic (exact) mass is 773 g/mol. The molecule has 0 unspecified atom stereocenters. The molecule has 1 amide bonds. The van der Waals surface area contributed by atoms with Crippen LogP contribution in [0.15, 0.2) is 0 Å². The molecule has 1 N–H and O–H groups in total. The summed E-state index contributed by atoms with van der Waals surface area (Å²) < 4.78 is 27.6. The van der Waals surface area contributed by atoms with Gasteiger partial charge in [0.25, 0.3) is 0 Å². The Morgan fingerprint density at radius 1 is 0.712 bits per heavy atom. The van der Waals surface area contributed by atoms with Crippen molar-refractivity contribution in [1.29, 1.82) is 0 Å². The predicted octanol–water partition coefficient (Wildman–Crippen LogP) is 9.22. The van der Waals surface area contributed by atoms with Gasteiger partial charge < -0.3 is 14.7 Å². The van der Waals surface area contributed by atoms with E-state index in [-0.39, 0.29) is 6.10 Å². The van der Waals surface area contributed by atoms with Crippen LogP contribution < -0.4 is 0 Å². The van der Waals surface area contributed by atoms with Crippen LogP contribution in [0.2, 0.25) is 0 Å². The number of rotatable bonds is 8. The zero-order valence-corrected chi connectivity index (χ0v) is 37.2. The van der Waals surface area contributed by atoms with Crippen LogP contribution in [0.1, 0.15) is 146 Å². The number of carbonyl (C=O) groups excluding carboxylic acids is 1. The molecule has 0 atom stereocenters. The average Bonchev–Trinajstić information content (AvgIpc) is 3.02. The van der Waals surface area contributed by atoms with Gasteiger partial charge >= 0.3 is 0 Å². The Morgan fingerprint density at radius 2 is 1.17 bits per heavy atom. The molecule has 7 nitrogen and oxygen atoms in total. The lowest BCUT2D eigenvalue weighted by Crippen LogP contribution is -2.47. The van der Waals surface area contributed by atoms with Crippen LogP contribution in [0.25, 0.3) is 0 Å². The van der Waals surface area contributed by atoms with Gasteiger partial charge in [-0.05, 0) is 135 Å². The van der Waals surface area contributed by atoms with Crippen molar-refractivity contribution in [3.05, 3.63) is 0 Å². The molecule has 5 fully saturated rings. The van der Waals surface area contributed by atoms with E-state index in [1.807, 2.05) is 0 Å². The van der Waals surface area contributed by atoms with Gasteiger partial charge in [-0.25, -0.2) is 8.42 Å². The predicted molar refractivity (Wildman–Crippen MR) is 224 cm³/mol. The summed E-state index contributed by atoms with van der Waals surface area (Å²) in [6.45, 7) is 28.5. The fourth-order valence-electron chi connectivity index (χ4n) is 8.53. The lowest BCUT2D eigenvalue weighted by molar-refractivity contribution is -0.134. The van der Waals surface area contributed by atoms with Crippen LogP contribution in [0.3, 0.4) is 0 Å². The second-order valence-electron chi connectivity index (χ2n) is 20.1. The Labute approximate surface area is 326 Å². The summed E-state index contributed by atoms with van der Waals surface area (Å²) in [6.07, 6.45) is 14.4. The molecule has 9 heteroatoms. The van der Waals surface area contributed by atoms with Crippen molar-refractivity contribution >= 4 is 27.5 Å². The van der Waals surface area contributed by atoms with E-state index in [0.717, 1.165) is 101 Å². The van der Waals surface area contributed by atoms with E-state index in [1.165, 1.54) is 56.5 Å². The smallest absolute Gasteiger partial charge is 0.236 e. The molecule has 0 radical (unpaired) electrons. The Morgan fingerprint density at radius 3 is 1.62 bits per heavy atom. The van der Waals surface area contributed by atoms with E-state index in [2.05, 4.69) is 90.8 Å². The van der Waals surface area contributed by atoms with Crippen LogP contribution in [0.5, 0.6) is 0 Å². The number of likely N-dealkylation sites (tertiary alicyclic amines) is 1. The minimum absolute atomic E-state index is 0.0207. The number of aliphatic hydroxyl groups excluding tert-OH is 1. The van der Waals surface area contributed by atoms with E-state index < -0.39 is 9.84 Å². The van der Waals surface area contributed by atoms with E-state index >= 15 is 0 Å². The van der Waals surface area contributed by atoms with Gasteiger partial charge in [0.2, 0.25) is 5.91 Å². The lowest BCUT2D eigenvalue weighted by Gasteiger charge is -2.35. The highest BCUT2D eigenvalue weighted by Crippen LogP contribution is 2.37. The molecule has 0 aromatic rings. The zero-order chi connectivity index (χ0) is 39.0. The highest BCUT2D eigenvalue weighted by Gasteiger charge is 2.30. The highest BCUT2D eigenvalue weighted by atomic mass is 32.2. The molecule has 4 saturated heterocycles. The molecule has 4 aliphatic heterocycles. The molecule has 308 valence electrons. The average molecular weight is 773 g/mol. The maximum absolute atomic E-state index is 12.2. The molecule has 0 aromatic carbocycles. The van der Waals surface area contributed by atoms with Gasteiger partial charge in [-0.2, -0.15) is 11.8 Å². The number of amides is 1. The van der Waals surface area contributed by atoms with Crippen molar-refractivity contribution in [2.75, 3.05) is 68.9 Å². The number of hydrogen-bond acceptors (Lipinski definition) is 7. The number of carbonyl (C=O) groups is 1. The van der Waals surface area contributed by atoms with Gasteiger partial charge in [0.15, 0.2) is 0 Å². The van der Waals surface area contributed by atoms with Crippen molar-refractivity contribution in [3.63, 3.8) is 0 Å². The van der Waals surface area contributed by atoms with Crippen molar-refractivity contribution < 1.29 is 23.1 Å². The van der Waals surface area contributed by atoms with Gasteiger partial charge in [-0.3, -0.25) is 9.69 Å². The Bertz CT molecular complexity index is 1040. The molecule has 0 aromatic heterocycles. The highest BCUT2D eigenvalue weighted by molar-refractivity contribution is 7.99. The lowest BCUT2D eigenvalue weighted by atomic mass is 9.73. The first kappa shape index (κ1) is 47.8. The summed E-state index contributed by atoms with van der Waals surface area (Å²) in [5, 5.41) is 9.02. The van der Waals surface area contributed by atoms with E-state index in [0.29, 0.717) is 40.7 Å².